The van der Waals surface area contributed by atoms with Gasteiger partial charge >= 0.3 is 6.18 Å². The van der Waals surface area contributed by atoms with Crippen molar-refractivity contribution in [2.45, 2.75) is 44.9 Å². The van der Waals surface area contributed by atoms with Crippen LogP contribution in [0.1, 0.15) is 30.9 Å². The fraction of sp³-hybridized carbons (Fsp3) is 0.444. The second-order valence-electron chi connectivity index (χ2n) is 6.47. The van der Waals surface area contributed by atoms with Crippen LogP contribution < -0.4 is 10.6 Å². The monoisotopic (exact) mass is 350 g/mol. The number of benzene rings is 1. The molecule has 0 saturated carbocycles. The Balaban J connectivity index is 1.76. The maximum Gasteiger partial charge on any atom is 0.416 e. The first-order chi connectivity index (χ1) is 11.8. The molecule has 0 aliphatic carbocycles. The summed E-state index contributed by atoms with van der Waals surface area (Å²) in [5, 5.41) is 15.1. The number of nitrogens with zero attached hydrogens (tertiary/aromatic N) is 2. The van der Waals surface area contributed by atoms with Crippen molar-refractivity contribution >= 4 is 5.82 Å². The lowest BCUT2D eigenvalue weighted by atomic mass is 10.00. The van der Waals surface area contributed by atoms with Gasteiger partial charge in [-0.2, -0.15) is 13.2 Å². The Morgan fingerprint density at radius 1 is 1.16 bits per heavy atom. The molecule has 4 nitrogen and oxygen atoms in total. The van der Waals surface area contributed by atoms with Crippen LogP contribution in [0.15, 0.2) is 30.3 Å². The smallest absolute Gasteiger partial charge is 0.364 e. The number of rotatable bonds is 3. The topological polar surface area (TPSA) is 49.8 Å². The van der Waals surface area contributed by atoms with Gasteiger partial charge in [0.15, 0.2) is 0 Å². The molecular formula is C18H21F3N4. The summed E-state index contributed by atoms with van der Waals surface area (Å²) in [4.78, 5) is 0. The highest BCUT2D eigenvalue weighted by Gasteiger charge is 2.30. The van der Waals surface area contributed by atoms with Gasteiger partial charge in [-0.3, -0.25) is 0 Å². The minimum atomic E-state index is -4.34. The Bertz CT molecular complexity index is 728. The molecule has 1 aliphatic rings. The summed E-state index contributed by atoms with van der Waals surface area (Å²) >= 11 is 0. The number of aryl methyl sites for hydroxylation is 1. The summed E-state index contributed by atoms with van der Waals surface area (Å²) < 4.78 is 38.3. The van der Waals surface area contributed by atoms with Gasteiger partial charge in [-0.1, -0.05) is 6.07 Å². The Morgan fingerprint density at radius 2 is 1.96 bits per heavy atom. The Hall–Kier alpha value is -2.15. The third-order valence-corrected chi connectivity index (χ3v) is 4.59. The molecule has 1 fully saturated rings. The molecule has 3 rings (SSSR count). The van der Waals surface area contributed by atoms with Crippen molar-refractivity contribution in [1.82, 2.24) is 15.5 Å². The van der Waals surface area contributed by atoms with E-state index in [1.807, 2.05) is 6.07 Å². The Kier molecular flexibility index (Phi) is 4.94. The molecule has 25 heavy (non-hydrogen) atoms. The zero-order chi connectivity index (χ0) is 18.0. The van der Waals surface area contributed by atoms with Crippen LogP contribution in [0.4, 0.5) is 19.0 Å². The number of nitrogens with one attached hydrogen (secondary N) is 2. The largest absolute Gasteiger partial charge is 0.416 e. The highest BCUT2D eigenvalue weighted by atomic mass is 19.4. The number of halogens is 3. The zero-order valence-electron chi connectivity index (χ0n) is 14.2. The first-order valence-electron chi connectivity index (χ1n) is 8.36. The van der Waals surface area contributed by atoms with E-state index in [1.165, 1.54) is 6.07 Å². The maximum atomic E-state index is 12.8. The number of alkyl halides is 3. The molecule has 1 aromatic carbocycles. The van der Waals surface area contributed by atoms with Crippen molar-refractivity contribution in [3.05, 3.63) is 41.5 Å². The molecule has 7 heteroatoms. The van der Waals surface area contributed by atoms with Crippen molar-refractivity contribution < 1.29 is 13.2 Å². The Labute approximate surface area is 144 Å². The van der Waals surface area contributed by atoms with Gasteiger partial charge in [0.05, 0.1) is 11.3 Å². The van der Waals surface area contributed by atoms with Gasteiger partial charge in [-0.15, -0.1) is 10.2 Å². The van der Waals surface area contributed by atoms with Crippen LogP contribution in [0.2, 0.25) is 0 Å². The van der Waals surface area contributed by atoms with Crippen LogP contribution >= 0.6 is 0 Å². The summed E-state index contributed by atoms with van der Waals surface area (Å²) in [5.41, 5.74) is 1.08. The van der Waals surface area contributed by atoms with Crippen LogP contribution in [0, 0.1) is 6.92 Å². The van der Waals surface area contributed by atoms with Crippen LogP contribution in [0.3, 0.4) is 0 Å². The van der Waals surface area contributed by atoms with Gasteiger partial charge in [-0.25, -0.2) is 0 Å². The summed E-state index contributed by atoms with van der Waals surface area (Å²) in [6, 6.07) is 7.91. The average Bonchev–Trinajstić information content (AvgIpc) is 2.57. The van der Waals surface area contributed by atoms with Gasteiger partial charge < -0.3 is 10.6 Å². The molecule has 134 valence electrons. The second-order valence-corrected chi connectivity index (χ2v) is 6.47. The molecule has 1 aromatic heterocycles. The van der Waals surface area contributed by atoms with Crippen molar-refractivity contribution in [1.29, 1.82) is 0 Å². The van der Waals surface area contributed by atoms with E-state index in [2.05, 4.69) is 27.8 Å². The highest BCUT2D eigenvalue weighted by Crippen LogP contribution is 2.32. The van der Waals surface area contributed by atoms with Gasteiger partial charge in [0, 0.05) is 17.6 Å². The number of piperidine rings is 1. The lowest BCUT2D eigenvalue weighted by molar-refractivity contribution is -0.137. The molecule has 2 aromatic rings. The lowest BCUT2D eigenvalue weighted by Gasteiger charge is -2.30. The van der Waals surface area contributed by atoms with E-state index < -0.39 is 11.7 Å². The van der Waals surface area contributed by atoms with Gasteiger partial charge in [0.1, 0.15) is 5.82 Å². The SMILES string of the molecule is Cc1cc(C(F)(F)F)ccc1-c1ccc(N[C@H]2CCCN[C@H]2C)nn1. The van der Waals surface area contributed by atoms with E-state index in [4.69, 9.17) is 0 Å². The first-order valence-corrected chi connectivity index (χ1v) is 8.36. The number of hydrogen-bond acceptors (Lipinski definition) is 4. The standard InChI is InChI=1S/C18H21F3N4/c1-11-10-13(18(19,20)21)5-6-14(11)16-7-8-17(25-24-16)23-15-4-3-9-22-12(15)2/h5-8,10,12,15,22H,3-4,9H2,1-2H3,(H,23,25)/t12-,15-/m0/s1. The third-order valence-electron chi connectivity index (χ3n) is 4.59. The summed E-state index contributed by atoms with van der Waals surface area (Å²) in [6.07, 6.45) is -2.17. The molecule has 2 N–H and O–H groups in total. The van der Waals surface area contributed by atoms with Crippen LogP contribution in [0.5, 0.6) is 0 Å². The van der Waals surface area contributed by atoms with Crippen molar-refractivity contribution in [3.63, 3.8) is 0 Å². The van der Waals surface area contributed by atoms with E-state index in [1.54, 1.807) is 13.0 Å². The number of anilines is 1. The van der Waals surface area contributed by atoms with Crippen molar-refractivity contribution in [2.24, 2.45) is 0 Å². The molecule has 1 saturated heterocycles. The lowest BCUT2D eigenvalue weighted by Crippen LogP contribution is -2.46. The quantitative estimate of drug-likeness (QED) is 0.878. The van der Waals surface area contributed by atoms with Crippen molar-refractivity contribution in [3.8, 4) is 11.3 Å². The molecular weight excluding hydrogens is 329 g/mol. The molecule has 0 radical (unpaired) electrons. The minimum Gasteiger partial charge on any atom is -0.364 e. The fourth-order valence-corrected chi connectivity index (χ4v) is 3.11. The zero-order valence-corrected chi connectivity index (χ0v) is 14.2. The summed E-state index contributed by atoms with van der Waals surface area (Å²) in [6.45, 7) is 4.80. The number of hydrogen-bond donors (Lipinski definition) is 2. The maximum absolute atomic E-state index is 12.8. The van der Waals surface area contributed by atoms with E-state index in [-0.39, 0.29) is 0 Å². The van der Waals surface area contributed by atoms with E-state index in [9.17, 15) is 13.2 Å². The minimum absolute atomic E-state index is 0.293. The summed E-state index contributed by atoms with van der Waals surface area (Å²) in [5.74, 6) is 0.675. The Morgan fingerprint density at radius 3 is 2.56 bits per heavy atom. The number of aromatic nitrogens is 2. The average molecular weight is 350 g/mol. The van der Waals surface area contributed by atoms with E-state index in [0.29, 0.717) is 34.7 Å². The fourth-order valence-electron chi connectivity index (χ4n) is 3.11. The van der Waals surface area contributed by atoms with Crippen LogP contribution in [0.25, 0.3) is 11.3 Å². The van der Waals surface area contributed by atoms with Gasteiger partial charge in [0.2, 0.25) is 0 Å². The second kappa shape index (κ2) is 7.00. The normalized spacial score (nSPS) is 21.2. The van der Waals surface area contributed by atoms with Crippen LogP contribution in [-0.2, 0) is 6.18 Å². The molecule has 0 spiro atoms. The predicted octanol–water partition coefficient (Wildman–Crippen LogP) is 4.02. The van der Waals surface area contributed by atoms with E-state index >= 15 is 0 Å². The van der Waals surface area contributed by atoms with Crippen molar-refractivity contribution in [2.75, 3.05) is 11.9 Å². The van der Waals surface area contributed by atoms with Gasteiger partial charge in [-0.05, 0) is 63.1 Å². The molecule has 1 aliphatic heterocycles. The molecule has 0 bridgehead atoms. The predicted molar refractivity (Wildman–Crippen MR) is 91.3 cm³/mol. The van der Waals surface area contributed by atoms with Crippen LogP contribution in [-0.4, -0.2) is 28.8 Å². The molecule has 0 amide bonds. The molecule has 2 atom stereocenters. The highest BCUT2D eigenvalue weighted by molar-refractivity contribution is 5.64. The summed E-state index contributed by atoms with van der Waals surface area (Å²) in [7, 11) is 0. The van der Waals surface area contributed by atoms with Gasteiger partial charge in [0.25, 0.3) is 0 Å². The first kappa shape index (κ1) is 17.7. The molecule has 2 heterocycles. The van der Waals surface area contributed by atoms with E-state index in [0.717, 1.165) is 31.5 Å². The molecule has 0 unspecified atom stereocenters. The third kappa shape index (κ3) is 4.10.